The molecule has 0 atom stereocenters. The van der Waals surface area contributed by atoms with Gasteiger partial charge in [-0.15, -0.1) is 0 Å². The zero-order valence-electron chi connectivity index (χ0n) is 10.6. The van der Waals surface area contributed by atoms with E-state index in [1.165, 1.54) is 10.8 Å². The molecule has 3 aromatic rings. The topological polar surface area (TPSA) is 51.8 Å². The SMILES string of the molecule is NCCc1ccnc(-c2ccc3ccccc3c2)n1. The molecule has 0 fully saturated rings. The zero-order valence-corrected chi connectivity index (χ0v) is 10.6. The number of nitrogens with zero attached hydrogens (tertiary/aromatic N) is 2. The fraction of sp³-hybridized carbons (Fsp3) is 0.125. The Bertz CT molecular complexity index is 707. The number of aromatic nitrogens is 2. The number of hydrogen-bond donors (Lipinski definition) is 1. The normalized spacial score (nSPS) is 10.8. The molecule has 0 saturated heterocycles. The fourth-order valence-electron chi connectivity index (χ4n) is 2.15. The van der Waals surface area contributed by atoms with Gasteiger partial charge in [-0.05, 0) is 29.4 Å². The molecule has 0 aliphatic carbocycles. The van der Waals surface area contributed by atoms with Gasteiger partial charge in [-0.25, -0.2) is 9.97 Å². The molecule has 3 heteroatoms. The van der Waals surface area contributed by atoms with Crippen molar-refractivity contribution < 1.29 is 0 Å². The van der Waals surface area contributed by atoms with Gasteiger partial charge in [0.2, 0.25) is 0 Å². The van der Waals surface area contributed by atoms with Crippen molar-refractivity contribution in [1.82, 2.24) is 9.97 Å². The molecule has 0 saturated carbocycles. The molecule has 0 bridgehead atoms. The van der Waals surface area contributed by atoms with Crippen molar-refractivity contribution in [3.8, 4) is 11.4 Å². The predicted molar refractivity (Wildman–Crippen MR) is 77.7 cm³/mol. The molecule has 0 spiro atoms. The first-order valence-electron chi connectivity index (χ1n) is 6.38. The summed E-state index contributed by atoms with van der Waals surface area (Å²) in [6.07, 6.45) is 2.58. The molecular weight excluding hydrogens is 234 g/mol. The monoisotopic (exact) mass is 249 g/mol. The molecule has 2 N–H and O–H groups in total. The Morgan fingerprint density at radius 3 is 2.63 bits per heavy atom. The van der Waals surface area contributed by atoms with Gasteiger partial charge >= 0.3 is 0 Å². The van der Waals surface area contributed by atoms with Crippen LogP contribution in [0.15, 0.2) is 54.7 Å². The number of hydrogen-bond acceptors (Lipinski definition) is 3. The third kappa shape index (κ3) is 2.46. The van der Waals surface area contributed by atoms with Gasteiger partial charge in [0, 0.05) is 23.9 Å². The molecule has 19 heavy (non-hydrogen) atoms. The molecular formula is C16H15N3. The van der Waals surface area contributed by atoms with Crippen molar-refractivity contribution in [3.63, 3.8) is 0 Å². The summed E-state index contributed by atoms with van der Waals surface area (Å²) in [4.78, 5) is 8.90. The van der Waals surface area contributed by atoms with Crippen molar-refractivity contribution in [2.24, 2.45) is 5.73 Å². The van der Waals surface area contributed by atoms with Crippen LogP contribution in [0.5, 0.6) is 0 Å². The highest BCUT2D eigenvalue weighted by Crippen LogP contribution is 2.21. The number of nitrogens with two attached hydrogens (primary N) is 1. The zero-order chi connectivity index (χ0) is 13.1. The molecule has 0 aliphatic heterocycles. The number of fused-ring (bicyclic) bond motifs is 1. The predicted octanol–water partition coefficient (Wildman–Crippen LogP) is 2.80. The molecule has 0 unspecified atom stereocenters. The maximum Gasteiger partial charge on any atom is 0.159 e. The van der Waals surface area contributed by atoms with E-state index in [4.69, 9.17) is 5.73 Å². The lowest BCUT2D eigenvalue weighted by molar-refractivity contribution is 0.913. The van der Waals surface area contributed by atoms with Gasteiger partial charge in [0.05, 0.1) is 0 Å². The minimum absolute atomic E-state index is 0.605. The highest BCUT2D eigenvalue weighted by Gasteiger charge is 2.03. The lowest BCUT2D eigenvalue weighted by atomic mass is 10.1. The van der Waals surface area contributed by atoms with Crippen molar-refractivity contribution in [2.75, 3.05) is 6.54 Å². The molecule has 3 nitrogen and oxygen atoms in total. The Hall–Kier alpha value is -2.26. The fourth-order valence-corrected chi connectivity index (χ4v) is 2.15. The number of benzene rings is 2. The summed E-state index contributed by atoms with van der Waals surface area (Å²) in [5.74, 6) is 0.761. The largest absolute Gasteiger partial charge is 0.330 e. The molecule has 1 heterocycles. The van der Waals surface area contributed by atoms with Crippen LogP contribution in [-0.2, 0) is 6.42 Å². The average Bonchev–Trinajstić information content (AvgIpc) is 2.47. The van der Waals surface area contributed by atoms with Gasteiger partial charge in [-0.2, -0.15) is 0 Å². The number of rotatable bonds is 3. The highest BCUT2D eigenvalue weighted by molar-refractivity contribution is 5.86. The van der Waals surface area contributed by atoms with Crippen LogP contribution in [0.25, 0.3) is 22.2 Å². The standard InChI is InChI=1S/C16H15N3/c17-9-7-15-8-10-18-16(19-15)14-6-5-12-3-1-2-4-13(12)11-14/h1-6,8,10-11H,7,9,17H2. The van der Waals surface area contributed by atoms with Crippen LogP contribution >= 0.6 is 0 Å². The second-order valence-corrected chi connectivity index (χ2v) is 4.47. The van der Waals surface area contributed by atoms with Crippen LogP contribution < -0.4 is 5.73 Å². The molecule has 3 rings (SSSR count). The van der Waals surface area contributed by atoms with Crippen LogP contribution in [0.4, 0.5) is 0 Å². The van der Waals surface area contributed by atoms with Gasteiger partial charge in [0.15, 0.2) is 5.82 Å². The third-order valence-electron chi connectivity index (χ3n) is 3.12. The molecule has 0 radical (unpaired) electrons. The van der Waals surface area contributed by atoms with Gasteiger partial charge in [0.1, 0.15) is 0 Å². The van der Waals surface area contributed by atoms with Crippen molar-refractivity contribution in [3.05, 3.63) is 60.4 Å². The lowest BCUT2D eigenvalue weighted by Crippen LogP contribution is -2.05. The molecule has 94 valence electrons. The Kier molecular flexibility index (Phi) is 3.21. The van der Waals surface area contributed by atoms with Crippen LogP contribution in [0.3, 0.4) is 0 Å². The summed E-state index contributed by atoms with van der Waals surface area (Å²) >= 11 is 0. The molecule has 0 aliphatic rings. The van der Waals surface area contributed by atoms with Gasteiger partial charge in [0.25, 0.3) is 0 Å². The second-order valence-electron chi connectivity index (χ2n) is 4.47. The Morgan fingerprint density at radius 1 is 0.947 bits per heavy atom. The van der Waals surface area contributed by atoms with Crippen molar-refractivity contribution >= 4 is 10.8 Å². The van der Waals surface area contributed by atoms with Gasteiger partial charge in [-0.3, -0.25) is 0 Å². The summed E-state index contributed by atoms with van der Waals surface area (Å²) in [5.41, 5.74) is 7.59. The molecule has 1 aromatic heterocycles. The van der Waals surface area contributed by atoms with E-state index in [1.54, 1.807) is 6.20 Å². The van der Waals surface area contributed by atoms with Gasteiger partial charge < -0.3 is 5.73 Å². The first kappa shape index (κ1) is 11.8. The van der Waals surface area contributed by atoms with Crippen LogP contribution in [-0.4, -0.2) is 16.5 Å². The van der Waals surface area contributed by atoms with E-state index < -0.39 is 0 Å². The summed E-state index contributed by atoms with van der Waals surface area (Å²) in [7, 11) is 0. The maximum atomic E-state index is 5.56. The summed E-state index contributed by atoms with van der Waals surface area (Å²) in [5, 5.41) is 2.43. The Labute approximate surface area is 112 Å². The Balaban J connectivity index is 2.05. The second kappa shape index (κ2) is 5.16. The quantitative estimate of drug-likeness (QED) is 0.776. The highest BCUT2D eigenvalue weighted by atomic mass is 14.9. The van der Waals surface area contributed by atoms with E-state index in [-0.39, 0.29) is 0 Å². The van der Waals surface area contributed by atoms with Crippen LogP contribution in [0.2, 0.25) is 0 Å². The Morgan fingerprint density at radius 2 is 1.79 bits per heavy atom. The van der Waals surface area contributed by atoms with Crippen molar-refractivity contribution in [1.29, 1.82) is 0 Å². The molecule has 0 amide bonds. The van der Waals surface area contributed by atoms with E-state index in [0.717, 1.165) is 23.5 Å². The summed E-state index contributed by atoms with van der Waals surface area (Å²) in [6, 6.07) is 16.5. The van der Waals surface area contributed by atoms with Crippen LogP contribution in [0.1, 0.15) is 5.69 Å². The van der Waals surface area contributed by atoms with E-state index in [0.29, 0.717) is 6.54 Å². The third-order valence-corrected chi connectivity index (χ3v) is 3.12. The maximum absolute atomic E-state index is 5.56. The van der Waals surface area contributed by atoms with Gasteiger partial charge in [-0.1, -0.05) is 36.4 Å². The van der Waals surface area contributed by atoms with E-state index >= 15 is 0 Å². The molecule has 2 aromatic carbocycles. The van der Waals surface area contributed by atoms with E-state index in [9.17, 15) is 0 Å². The first-order valence-corrected chi connectivity index (χ1v) is 6.38. The first-order chi connectivity index (χ1) is 9.36. The van der Waals surface area contributed by atoms with Crippen molar-refractivity contribution in [2.45, 2.75) is 6.42 Å². The van der Waals surface area contributed by atoms with Crippen LogP contribution in [0, 0.1) is 0 Å². The lowest BCUT2D eigenvalue weighted by Gasteiger charge is -2.04. The smallest absolute Gasteiger partial charge is 0.159 e. The summed E-state index contributed by atoms with van der Waals surface area (Å²) in [6.45, 7) is 0.605. The average molecular weight is 249 g/mol. The summed E-state index contributed by atoms with van der Waals surface area (Å²) < 4.78 is 0. The van der Waals surface area contributed by atoms with E-state index in [2.05, 4.69) is 40.3 Å². The minimum Gasteiger partial charge on any atom is -0.330 e. The minimum atomic E-state index is 0.605. The van der Waals surface area contributed by atoms with E-state index in [1.807, 2.05) is 18.2 Å².